The van der Waals surface area contributed by atoms with Crippen molar-refractivity contribution in [3.63, 3.8) is 0 Å². The third-order valence-corrected chi connectivity index (χ3v) is 10.2. The molecule has 0 spiro atoms. The van der Waals surface area contributed by atoms with Crippen LogP contribution in [0.3, 0.4) is 0 Å². The van der Waals surface area contributed by atoms with E-state index in [-0.39, 0.29) is 0 Å². The molecule has 0 saturated carbocycles. The lowest BCUT2D eigenvalue weighted by Crippen LogP contribution is -2.04. The minimum absolute atomic E-state index is 1.09. The van der Waals surface area contributed by atoms with Crippen molar-refractivity contribution in [3.05, 3.63) is 201 Å². The summed E-state index contributed by atoms with van der Waals surface area (Å²) in [7, 11) is 0. The molecule has 10 rings (SSSR count). The number of fused-ring (bicyclic) bond motifs is 3. The quantitative estimate of drug-likeness (QED) is 0.170. The second-order valence-electron chi connectivity index (χ2n) is 13.1. The zero-order valence-corrected chi connectivity index (χ0v) is 27.9. The summed E-state index contributed by atoms with van der Waals surface area (Å²) < 4.78 is 6.99. The summed E-state index contributed by atoms with van der Waals surface area (Å²) in [6.45, 7) is 0. The van der Waals surface area contributed by atoms with Crippen LogP contribution in [0.25, 0.3) is 83.2 Å². The Morgan fingerprint density at radius 1 is 0.255 bits per heavy atom. The molecule has 0 N–H and O–H groups in total. The molecule has 0 aliphatic rings. The zero-order chi connectivity index (χ0) is 33.7. The molecule has 3 heteroatoms. The lowest BCUT2D eigenvalue weighted by atomic mass is 10.0. The SMILES string of the molecule is c1ccc2c(-c3cccn3-c3cc(-n4cccc4-c4cccc5ccccc45)cc(-n4cccc4-c4cccc5ccccc45)c3)cccc2c1. The van der Waals surface area contributed by atoms with Crippen LogP contribution < -0.4 is 0 Å². The van der Waals surface area contributed by atoms with Crippen molar-refractivity contribution in [2.45, 2.75) is 0 Å². The van der Waals surface area contributed by atoms with Crippen molar-refractivity contribution in [3.8, 4) is 50.8 Å². The van der Waals surface area contributed by atoms with Gasteiger partial charge in [-0.05, 0) is 86.9 Å². The van der Waals surface area contributed by atoms with E-state index in [9.17, 15) is 0 Å². The highest BCUT2D eigenvalue weighted by molar-refractivity contribution is 5.98. The van der Waals surface area contributed by atoms with Crippen LogP contribution in [0.2, 0.25) is 0 Å². The van der Waals surface area contributed by atoms with Gasteiger partial charge in [0.05, 0.1) is 17.1 Å². The highest BCUT2D eigenvalue weighted by Gasteiger charge is 2.17. The minimum atomic E-state index is 1.09. The Kier molecular flexibility index (Phi) is 6.81. The van der Waals surface area contributed by atoms with Crippen LogP contribution in [0.15, 0.2) is 201 Å². The van der Waals surface area contributed by atoms with E-state index in [1.54, 1.807) is 0 Å². The Morgan fingerprint density at radius 3 is 0.882 bits per heavy atom. The molecule has 0 radical (unpaired) electrons. The van der Waals surface area contributed by atoms with E-state index in [1.807, 2.05) is 0 Å². The van der Waals surface area contributed by atoms with Crippen LogP contribution >= 0.6 is 0 Å². The van der Waals surface area contributed by atoms with Gasteiger partial charge in [0.15, 0.2) is 0 Å². The second-order valence-corrected chi connectivity index (χ2v) is 13.1. The van der Waals surface area contributed by atoms with Crippen LogP contribution in [0.4, 0.5) is 0 Å². The second kappa shape index (κ2) is 11.9. The average molecular weight is 652 g/mol. The number of hydrogen-bond donors (Lipinski definition) is 0. The van der Waals surface area contributed by atoms with Gasteiger partial charge in [0.1, 0.15) is 0 Å². The lowest BCUT2D eigenvalue weighted by Gasteiger charge is -2.19. The molecule has 0 saturated heterocycles. The normalized spacial score (nSPS) is 11.5. The van der Waals surface area contributed by atoms with E-state index in [0.717, 1.165) is 34.1 Å². The maximum atomic E-state index is 2.33. The first-order valence-corrected chi connectivity index (χ1v) is 17.4. The molecule has 240 valence electrons. The molecule has 10 aromatic rings. The third kappa shape index (κ3) is 4.90. The summed E-state index contributed by atoms with van der Waals surface area (Å²) >= 11 is 0. The smallest absolute Gasteiger partial charge is 0.0534 e. The van der Waals surface area contributed by atoms with Gasteiger partial charge in [-0.15, -0.1) is 0 Å². The monoisotopic (exact) mass is 651 g/mol. The van der Waals surface area contributed by atoms with E-state index in [2.05, 4.69) is 214 Å². The van der Waals surface area contributed by atoms with Crippen molar-refractivity contribution in [1.82, 2.24) is 13.7 Å². The molecule has 0 bridgehead atoms. The third-order valence-electron chi connectivity index (χ3n) is 10.2. The lowest BCUT2D eigenvalue weighted by molar-refractivity contribution is 1.02. The van der Waals surface area contributed by atoms with Gasteiger partial charge in [-0.1, -0.05) is 127 Å². The van der Waals surface area contributed by atoms with Gasteiger partial charge in [0.2, 0.25) is 0 Å². The predicted octanol–water partition coefficient (Wildman–Crippen LogP) is 12.5. The van der Waals surface area contributed by atoms with Crippen LogP contribution in [0.1, 0.15) is 0 Å². The first-order valence-electron chi connectivity index (χ1n) is 17.4. The highest BCUT2D eigenvalue weighted by Crippen LogP contribution is 2.37. The highest BCUT2D eigenvalue weighted by atomic mass is 15.0. The van der Waals surface area contributed by atoms with Crippen LogP contribution in [-0.4, -0.2) is 13.7 Å². The summed E-state index contributed by atoms with van der Waals surface area (Å²) in [5.41, 5.74) is 10.3. The molecular weight excluding hydrogens is 619 g/mol. The van der Waals surface area contributed by atoms with E-state index in [0.29, 0.717) is 0 Å². The Morgan fingerprint density at radius 2 is 0.549 bits per heavy atom. The van der Waals surface area contributed by atoms with Crippen molar-refractivity contribution >= 4 is 32.3 Å². The molecule has 0 unspecified atom stereocenters. The predicted molar refractivity (Wildman–Crippen MR) is 213 cm³/mol. The molecule has 0 fully saturated rings. The summed E-state index contributed by atoms with van der Waals surface area (Å²) in [6.07, 6.45) is 6.55. The average Bonchev–Trinajstić information content (AvgIpc) is 3.99. The van der Waals surface area contributed by atoms with E-state index in [4.69, 9.17) is 0 Å². The van der Waals surface area contributed by atoms with E-state index < -0.39 is 0 Å². The van der Waals surface area contributed by atoms with Crippen molar-refractivity contribution < 1.29 is 0 Å². The Hall–Kier alpha value is -6.84. The number of benzene rings is 7. The molecule has 0 atom stereocenters. The first-order chi connectivity index (χ1) is 25.3. The van der Waals surface area contributed by atoms with E-state index in [1.165, 1.54) is 49.0 Å². The maximum absolute atomic E-state index is 2.33. The topological polar surface area (TPSA) is 14.8 Å². The van der Waals surface area contributed by atoms with Gasteiger partial charge in [-0.2, -0.15) is 0 Å². The van der Waals surface area contributed by atoms with E-state index >= 15 is 0 Å². The molecule has 3 heterocycles. The van der Waals surface area contributed by atoms with Gasteiger partial charge in [0.25, 0.3) is 0 Å². The fourth-order valence-electron chi connectivity index (χ4n) is 7.82. The summed E-state index contributed by atoms with van der Waals surface area (Å²) in [4.78, 5) is 0. The summed E-state index contributed by atoms with van der Waals surface area (Å²) in [5, 5.41) is 7.42. The van der Waals surface area contributed by atoms with Crippen molar-refractivity contribution in [2.24, 2.45) is 0 Å². The molecule has 0 amide bonds. The van der Waals surface area contributed by atoms with Gasteiger partial charge < -0.3 is 13.7 Å². The summed E-state index contributed by atoms with van der Waals surface area (Å²) in [5.74, 6) is 0. The van der Waals surface area contributed by atoms with Gasteiger partial charge in [-0.25, -0.2) is 0 Å². The number of aromatic nitrogens is 3. The largest absolute Gasteiger partial charge is 0.316 e. The maximum Gasteiger partial charge on any atom is 0.0534 e. The summed E-state index contributed by atoms with van der Waals surface area (Å²) in [6, 6.07) is 65.7. The Balaban J connectivity index is 1.21. The first kappa shape index (κ1) is 29.1. The van der Waals surface area contributed by atoms with Crippen molar-refractivity contribution in [1.29, 1.82) is 0 Å². The Bertz CT molecular complexity index is 2540. The fourth-order valence-corrected chi connectivity index (χ4v) is 7.82. The fraction of sp³-hybridized carbons (Fsp3) is 0. The molecule has 7 aromatic carbocycles. The number of hydrogen-bond acceptors (Lipinski definition) is 0. The molecule has 0 aliphatic carbocycles. The molecule has 51 heavy (non-hydrogen) atoms. The van der Waals surface area contributed by atoms with Gasteiger partial charge >= 0.3 is 0 Å². The molecule has 0 aliphatic heterocycles. The van der Waals surface area contributed by atoms with Gasteiger partial charge in [0, 0.05) is 52.3 Å². The molecular formula is C48H33N3. The van der Waals surface area contributed by atoms with Crippen LogP contribution in [0, 0.1) is 0 Å². The standard InChI is InChI=1S/C48H33N3/c1-4-19-40-34(13-1)16-7-22-43(40)46-25-10-28-49(46)37-31-38(50-29-11-26-47(50)44-23-8-17-35-14-2-5-20-41(35)44)33-39(32-37)51-30-12-27-48(51)45-24-9-18-36-15-3-6-21-42(36)45/h1-33H. The van der Waals surface area contributed by atoms with Crippen LogP contribution in [0.5, 0.6) is 0 Å². The zero-order valence-electron chi connectivity index (χ0n) is 27.9. The molecule has 3 aromatic heterocycles. The number of nitrogens with zero attached hydrogens (tertiary/aromatic N) is 3. The van der Waals surface area contributed by atoms with Crippen molar-refractivity contribution in [2.75, 3.05) is 0 Å². The van der Waals surface area contributed by atoms with Gasteiger partial charge in [-0.3, -0.25) is 0 Å². The van der Waals surface area contributed by atoms with Crippen LogP contribution in [-0.2, 0) is 0 Å². The minimum Gasteiger partial charge on any atom is -0.316 e. The molecule has 3 nitrogen and oxygen atoms in total. The number of rotatable bonds is 6. The Labute approximate surface area is 296 Å².